The fraction of sp³-hybridized carbons (Fsp3) is 0.417. The van der Waals surface area contributed by atoms with Crippen molar-refractivity contribution in [2.45, 2.75) is 49.5 Å². The highest BCUT2D eigenvalue weighted by Crippen LogP contribution is 2.50. The summed E-state index contributed by atoms with van der Waals surface area (Å²) in [5, 5.41) is 0. The summed E-state index contributed by atoms with van der Waals surface area (Å²) in [5.41, 5.74) is -2.75. The number of hydrogen-bond donors (Lipinski definition) is 1. The van der Waals surface area contributed by atoms with Crippen LogP contribution < -0.4 is 5.69 Å². The number of aromatic amines is 1. The van der Waals surface area contributed by atoms with Crippen molar-refractivity contribution in [2.75, 3.05) is 13.1 Å². The average molecular weight is 497 g/mol. The van der Waals surface area contributed by atoms with Gasteiger partial charge in [-0.05, 0) is 55.5 Å². The zero-order chi connectivity index (χ0) is 25.2. The number of aromatic nitrogens is 2. The number of H-pyrrole nitrogens is 1. The van der Waals surface area contributed by atoms with Gasteiger partial charge < -0.3 is 9.88 Å². The second kappa shape index (κ2) is 7.89. The topological polar surface area (TPSA) is 58.1 Å². The molecule has 0 bridgehead atoms. The molecule has 1 saturated carbocycles. The maximum absolute atomic E-state index is 13.6. The van der Waals surface area contributed by atoms with E-state index in [1.165, 1.54) is 24.3 Å². The van der Waals surface area contributed by atoms with Gasteiger partial charge in [-0.2, -0.15) is 26.3 Å². The van der Waals surface area contributed by atoms with Crippen LogP contribution in [0.1, 0.15) is 48.4 Å². The maximum Gasteiger partial charge on any atom is 0.418 e. The molecular weight excluding hydrogens is 476 g/mol. The molecule has 2 aliphatic rings. The smallest absolute Gasteiger partial charge is 0.342 e. The van der Waals surface area contributed by atoms with Gasteiger partial charge in [-0.1, -0.05) is 18.2 Å². The lowest BCUT2D eigenvalue weighted by Crippen LogP contribution is -2.45. The minimum absolute atomic E-state index is 0.0996. The number of fused-ring (bicyclic) bond motifs is 1. The second-order valence-corrected chi connectivity index (χ2v) is 9.18. The number of imidazole rings is 1. The van der Waals surface area contributed by atoms with Crippen molar-refractivity contribution < 1.29 is 31.1 Å². The third-order valence-corrected chi connectivity index (χ3v) is 7.08. The number of rotatable bonds is 3. The Morgan fingerprint density at radius 3 is 2.09 bits per heavy atom. The SMILES string of the molecule is O=C(N1CCC(n2c(=O)[nH]c3cccc(C(F)(F)F)c32)CC1)C1(c2ccc(C(F)(F)F)cc2)CC1. The van der Waals surface area contributed by atoms with Gasteiger partial charge in [-0.25, -0.2) is 4.79 Å². The molecule has 1 aliphatic heterocycles. The third kappa shape index (κ3) is 4.00. The molecule has 2 heterocycles. The Balaban J connectivity index is 1.35. The lowest BCUT2D eigenvalue weighted by atomic mass is 9.92. The number of para-hydroxylation sites is 1. The number of nitrogens with zero attached hydrogens (tertiary/aromatic N) is 2. The van der Waals surface area contributed by atoms with Crippen LogP contribution >= 0.6 is 0 Å². The first-order chi connectivity index (χ1) is 16.4. The van der Waals surface area contributed by atoms with Crippen molar-refractivity contribution in [3.05, 3.63) is 69.6 Å². The summed E-state index contributed by atoms with van der Waals surface area (Å²) >= 11 is 0. The number of alkyl halides is 6. The molecule has 1 amide bonds. The molecule has 3 aromatic rings. The van der Waals surface area contributed by atoms with Crippen molar-refractivity contribution in [3.63, 3.8) is 0 Å². The molecule has 0 unspecified atom stereocenters. The first-order valence-corrected chi connectivity index (χ1v) is 11.2. The number of hydrogen-bond acceptors (Lipinski definition) is 2. The number of carbonyl (C=O) groups excluding carboxylic acids is 1. The summed E-state index contributed by atoms with van der Waals surface area (Å²) in [4.78, 5) is 30.0. The quantitative estimate of drug-likeness (QED) is 0.502. The first-order valence-electron chi connectivity index (χ1n) is 11.2. The molecule has 1 aliphatic carbocycles. The number of piperidine rings is 1. The van der Waals surface area contributed by atoms with Crippen LogP contribution in [-0.2, 0) is 22.6 Å². The number of nitrogens with one attached hydrogen (secondary N) is 1. The van der Waals surface area contributed by atoms with Gasteiger partial charge in [0.2, 0.25) is 5.91 Å². The number of halogens is 6. The molecule has 5 nitrogen and oxygen atoms in total. The monoisotopic (exact) mass is 497 g/mol. The van der Waals surface area contributed by atoms with Gasteiger partial charge in [-0.15, -0.1) is 0 Å². The third-order valence-electron chi connectivity index (χ3n) is 7.08. The Morgan fingerprint density at radius 2 is 1.54 bits per heavy atom. The lowest BCUT2D eigenvalue weighted by Gasteiger charge is -2.35. The minimum atomic E-state index is -4.63. The van der Waals surface area contributed by atoms with Crippen LogP contribution in [0, 0.1) is 0 Å². The number of amides is 1. The number of likely N-dealkylation sites (tertiary alicyclic amines) is 1. The largest absolute Gasteiger partial charge is 0.418 e. The number of benzene rings is 2. The summed E-state index contributed by atoms with van der Waals surface area (Å²) in [6.45, 7) is 0.471. The van der Waals surface area contributed by atoms with E-state index >= 15 is 0 Å². The van der Waals surface area contributed by atoms with E-state index in [-0.39, 0.29) is 42.9 Å². The van der Waals surface area contributed by atoms with Gasteiger partial charge in [0, 0.05) is 19.1 Å². The highest BCUT2D eigenvalue weighted by atomic mass is 19.4. The summed E-state index contributed by atoms with van der Waals surface area (Å²) < 4.78 is 80.6. The zero-order valence-electron chi connectivity index (χ0n) is 18.3. The van der Waals surface area contributed by atoms with Crippen molar-refractivity contribution in [1.82, 2.24) is 14.5 Å². The molecule has 0 atom stereocenters. The molecule has 0 spiro atoms. The van der Waals surface area contributed by atoms with Crippen molar-refractivity contribution >= 4 is 16.9 Å². The van der Waals surface area contributed by atoms with Gasteiger partial charge in [0.25, 0.3) is 0 Å². The molecule has 11 heteroatoms. The van der Waals surface area contributed by atoms with Gasteiger partial charge in [0.05, 0.1) is 27.6 Å². The number of carbonyl (C=O) groups is 1. The minimum Gasteiger partial charge on any atom is -0.342 e. The van der Waals surface area contributed by atoms with E-state index in [4.69, 9.17) is 0 Å². The van der Waals surface area contributed by atoms with Crippen molar-refractivity contribution in [3.8, 4) is 0 Å². The molecule has 35 heavy (non-hydrogen) atoms. The molecule has 2 aromatic carbocycles. The Morgan fingerprint density at radius 1 is 0.914 bits per heavy atom. The Labute approximate surface area is 195 Å². The van der Waals surface area contributed by atoms with Crippen LogP contribution in [0.3, 0.4) is 0 Å². The molecule has 5 rings (SSSR count). The molecule has 1 aromatic heterocycles. The first kappa shape index (κ1) is 23.5. The van der Waals surface area contributed by atoms with Gasteiger partial charge in [-0.3, -0.25) is 9.36 Å². The summed E-state index contributed by atoms with van der Waals surface area (Å²) in [6.07, 6.45) is -7.48. The normalized spacial score (nSPS) is 18.7. The fourth-order valence-corrected chi connectivity index (χ4v) is 5.12. The Kier molecular flexibility index (Phi) is 5.30. The van der Waals surface area contributed by atoms with E-state index < -0.39 is 40.6 Å². The Hall–Kier alpha value is -3.24. The molecule has 1 saturated heterocycles. The molecule has 0 radical (unpaired) electrons. The van der Waals surface area contributed by atoms with Crippen LogP contribution in [-0.4, -0.2) is 33.4 Å². The Bertz CT molecular complexity index is 1320. The molecular formula is C24H21F6N3O2. The van der Waals surface area contributed by atoms with E-state index in [9.17, 15) is 35.9 Å². The van der Waals surface area contributed by atoms with Crippen LogP contribution in [0.15, 0.2) is 47.3 Å². The summed E-state index contributed by atoms with van der Waals surface area (Å²) in [5.74, 6) is -0.196. The molecule has 1 N–H and O–H groups in total. The molecule has 2 fully saturated rings. The lowest BCUT2D eigenvalue weighted by molar-refractivity contribution is -0.138. The highest BCUT2D eigenvalue weighted by molar-refractivity contribution is 5.91. The average Bonchev–Trinajstić information content (AvgIpc) is 3.54. The van der Waals surface area contributed by atoms with E-state index in [1.54, 1.807) is 4.90 Å². The fourth-order valence-electron chi connectivity index (χ4n) is 5.12. The van der Waals surface area contributed by atoms with Crippen LogP contribution in [0.4, 0.5) is 26.3 Å². The van der Waals surface area contributed by atoms with E-state index in [0.717, 1.165) is 22.8 Å². The van der Waals surface area contributed by atoms with Crippen molar-refractivity contribution in [1.29, 1.82) is 0 Å². The van der Waals surface area contributed by atoms with E-state index in [1.807, 2.05) is 0 Å². The predicted molar refractivity (Wildman–Crippen MR) is 115 cm³/mol. The van der Waals surface area contributed by atoms with Crippen LogP contribution in [0.5, 0.6) is 0 Å². The van der Waals surface area contributed by atoms with Crippen molar-refractivity contribution in [2.24, 2.45) is 0 Å². The predicted octanol–water partition coefficient (Wildman–Crippen LogP) is 5.26. The maximum atomic E-state index is 13.6. The standard InChI is InChI=1S/C24H21F6N3O2/c25-23(26,27)15-6-4-14(5-7-15)22(10-11-22)20(34)32-12-8-16(9-13-32)33-19-17(24(28,29)30)2-1-3-18(19)31-21(33)35/h1-7,16H,8-13H2,(H,31,35). The summed E-state index contributed by atoms with van der Waals surface area (Å²) in [7, 11) is 0. The zero-order valence-corrected chi connectivity index (χ0v) is 18.3. The summed E-state index contributed by atoms with van der Waals surface area (Å²) in [6, 6.07) is 7.68. The van der Waals surface area contributed by atoms with Crippen LogP contribution in [0.2, 0.25) is 0 Å². The van der Waals surface area contributed by atoms with Gasteiger partial charge >= 0.3 is 18.0 Å². The van der Waals surface area contributed by atoms with Gasteiger partial charge in [0.15, 0.2) is 0 Å². The van der Waals surface area contributed by atoms with Crippen LogP contribution in [0.25, 0.3) is 11.0 Å². The molecule has 186 valence electrons. The van der Waals surface area contributed by atoms with Gasteiger partial charge in [0.1, 0.15) is 0 Å². The second-order valence-electron chi connectivity index (χ2n) is 9.18. The van der Waals surface area contributed by atoms with E-state index in [2.05, 4.69) is 4.98 Å². The highest BCUT2D eigenvalue weighted by Gasteiger charge is 2.53. The van der Waals surface area contributed by atoms with E-state index in [0.29, 0.717) is 18.4 Å².